The Bertz CT molecular complexity index is 271. The Kier molecular flexibility index (Phi) is 3.39. The lowest BCUT2D eigenvalue weighted by molar-refractivity contribution is -0.118. The smallest absolute Gasteiger partial charge is 0.243 e. The summed E-state index contributed by atoms with van der Waals surface area (Å²) in [5.41, 5.74) is 5.64. The monoisotopic (exact) mass is 199 g/mol. The molecule has 1 aromatic heterocycles. The van der Waals surface area contributed by atoms with Crippen molar-refractivity contribution in [3.63, 3.8) is 0 Å². The van der Waals surface area contributed by atoms with Crippen LogP contribution in [0.5, 0.6) is 0 Å². The van der Waals surface area contributed by atoms with Crippen LogP contribution in [0.2, 0.25) is 0 Å². The number of hydrogen-bond donors (Lipinski definition) is 2. The molecule has 5 heteroatoms. The van der Waals surface area contributed by atoms with Crippen molar-refractivity contribution in [3.05, 3.63) is 11.6 Å². The number of rotatable bonds is 3. The van der Waals surface area contributed by atoms with E-state index in [2.05, 4.69) is 10.3 Å². The Morgan fingerprint density at radius 3 is 2.85 bits per heavy atom. The van der Waals surface area contributed by atoms with Gasteiger partial charge in [-0.1, -0.05) is 13.8 Å². The number of hydrogen-bond acceptors (Lipinski definition) is 4. The lowest BCUT2D eigenvalue weighted by Gasteiger charge is -2.13. The van der Waals surface area contributed by atoms with Gasteiger partial charge in [-0.05, 0) is 5.92 Å². The van der Waals surface area contributed by atoms with E-state index in [1.54, 1.807) is 11.6 Å². The summed E-state index contributed by atoms with van der Waals surface area (Å²) in [6, 6.07) is -0.469. The van der Waals surface area contributed by atoms with Crippen LogP contribution in [0.3, 0.4) is 0 Å². The number of anilines is 1. The van der Waals surface area contributed by atoms with Crippen LogP contribution in [0.15, 0.2) is 11.6 Å². The quantitative estimate of drug-likeness (QED) is 0.765. The molecule has 1 rings (SSSR count). The minimum Gasteiger partial charge on any atom is -0.320 e. The van der Waals surface area contributed by atoms with Crippen LogP contribution in [0.25, 0.3) is 0 Å². The third-order valence-corrected chi connectivity index (χ3v) is 2.37. The van der Waals surface area contributed by atoms with Crippen molar-refractivity contribution in [2.45, 2.75) is 19.9 Å². The summed E-state index contributed by atoms with van der Waals surface area (Å²) in [6.45, 7) is 3.82. The van der Waals surface area contributed by atoms with E-state index in [-0.39, 0.29) is 11.8 Å². The van der Waals surface area contributed by atoms with Crippen LogP contribution in [0.4, 0.5) is 5.13 Å². The van der Waals surface area contributed by atoms with Gasteiger partial charge in [0, 0.05) is 11.6 Å². The standard InChI is InChI=1S/C8H13N3OS/c1-5(2)6(9)7(12)11-8-10-3-4-13-8/h3-6H,9H2,1-2H3,(H,10,11,12)/t6-/m0/s1. The highest BCUT2D eigenvalue weighted by atomic mass is 32.1. The van der Waals surface area contributed by atoms with Crippen LogP contribution >= 0.6 is 11.3 Å². The van der Waals surface area contributed by atoms with Crippen molar-refractivity contribution in [3.8, 4) is 0 Å². The van der Waals surface area contributed by atoms with E-state index in [1.807, 2.05) is 13.8 Å². The van der Waals surface area contributed by atoms with Gasteiger partial charge in [-0.3, -0.25) is 4.79 Å². The van der Waals surface area contributed by atoms with Gasteiger partial charge in [-0.15, -0.1) is 11.3 Å². The van der Waals surface area contributed by atoms with Gasteiger partial charge in [0.1, 0.15) is 0 Å². The maximum atomic E-state index is 11.4. The zero-order chi connectivity index (χ0) is 9.84. The van der Waals surface area contributed by atoms with E-state index in [0.29, 0.717) is 5.13 Å². The van der Waals surface area contributed by atoms with Gasteiger partial charge >= 0.3 is 0 Å². The van der Waals surface area contributed by atoms with E-state index >= 15 is 0 Å². The summed E-state index contributed by atoms with van der Waals surface area (Å²) in [6.07, 6.45) is 1.64. The molecule has 0 bridgehead atoms. The van der Waals surface area contributed by atoms with E-state index in [9.17, 15) is 4.79 Å². The van der Waals surface area contributed by atoms with Crippen LogP contribution in [-0.4, -0.2) is 16.9 Å². The Balaban J connectivity index is 2.51. The minimum atomic E-state index is -0.469. The van der Waals surface area contributed by atoms with E-state index in [0.717, 1.165) is 0 Å². The summed E-state index contributed by atoms with van der Waals surface area (Å²) >= 11 is 1.38. The van der Waals surface area contributed by atoms with E-state index < -0.39 is 6.04 Å². The molecular weight excluding hydrogens is 186 g/mol. The number of carbonyl (C=O) groups is 1. The molecule has 0 aromatic carbocycles. The normalized spacial score (nSPS) is 12.9. The molecule has 0 unspecified atom stereocenters. The second kappa shape index (κ2) is 4.34. The van der Waals surface area contributed by atoms with Crippen LogP contribution in [0, 0.1) is 5.92 Å². The van der Waals surface area contributed by atoms with Gasteiger partial charge in [0.2, 0.25) is 5.91 Å². The van der Waals surface area contributed by atoms with Crippen molar-refractivity contribution < 1.29 is 4.79 Å². The first-order valence-electron chi connectivity index (χ1n) is 4.07. The Morgan fingerprint density at radius 2 is 2.38 bits per heavy atom. The fraction of sp³-hybridized carbons (Fsp3) is 0.500. The fourth-order valence-electron chi connectivity index (χ4n) is 0.777. The molecule has 0 saturated heterocycles. The molecular formula is C8H13N3OS. The van der Waals surface area contributed by atoms with Crippen molar-refractivity contribution in [2.75, 3.05) is 5.32 Å². The summed E-state index contributed by atoms with van der Waals surface area (Å²) in [5.74, 6) is -0.0371. The maximum Gasteiger partial charge on any atom is 0.243 e. The van der Waals surface area contributed by atoms with Crippen molar-refractivity contribution >= 4 is 22.4 Å². The van der Waals surface area contributed by atoms with Crippen LogP contribution in [-0.2, 0) is 4.79 Å². The molecule has 0 spiro atoms. The van der Waals surface area contributed by atoms with Crippen LogP contribution in [0.1, 0.15) is 13.8 Å². The molecule has 1 heterocycles. The second-order valence-corrected chi connectivity index (χ2v) is 3.99. The molecule has 0 aliphatic carbocycles. The van der Waals surface area contributed by atoms with Crippen molar-refractivity contribution in [1.29, 1.82) is 0 Å². The summed E-state index contributed by atoms with van der Waals surface area (Å²) in [4.78, 5) is 15.3. The molecule has 0 aliphatic rings. The molecule has 0 aliphatic heterocycles. The lowest BCUT2D eigenvalue weighted by Crippen LogP contribution is -2.39. The predicted molar refractivity (Wildman–Crippen MR) is 53.6 cm³/mol. The molecule has 1 atom stereocenters. The predicted octanol–water partition coefficient (Wildman–Crippen LogP) is 1.06. The maximum absolute atomic E-state index is 11.4. The third-order valence-electron chi connectivity index (χ3n) is 1.68. The Hall–Kier alpha value is -0.940. The zero-order valence-corrected chi connectivity index (χ0v) is 8.47. The Morgan fingerprint density at radius 1 is 1.69 bits per heavy atom. The molecule has 4 nitrogen and oxygen atoms in total. The topological polar surface area (TPSA) is 68.0 Å². The van der Waals surface area contributed by atoms with Gasteiger partial charge in [0.15, 0.2) is 5.13 Å². The van der Waals surface area contributed by atoms with E-state index in [1.165, 1.54) is 11.3 Å². The first-order chi connectivity index (χ1) is 6.11. The SMILES string of the molecule is CC(C)[C@H](N)C(=O)Nc1nccs1. The second-order valence-electron chi connectivity index (χ2n) is 3.10. The number of aromatic nitrogens is 1. The highest BCUT2D eigenvalue weighted by Crippen LogP contribution is 2.11. The number of amides is 1. The zero-order valence-electron chi connectivity index (χ0n) is 7.65. The number of nitrogens with zero attached hydrogens (tertiary/aromatic N) is 1. The van der Waals surface area contributed by atoms with Gasteiger partial charge < -0.3 is 11.1 Å². The highest BCUT2D eigenvalue weighted by Gasteiger charge is 2.17. The molecule has 1 amide bonds. The molecule has 0 radical (unpaired) electrons. The van der Waals surface area contributed by atoms with Gasteiger partial charge in [-0.25, -0.2) is 4.98 Å². The first kappa shape index (κ1) is 10.1. The number of nitrogens with two attached hydrogens (primary N) is 1. The van der Waals surface area contributed by atoms with Gasteiger partial charge in [0.05, 0.1) is 6.04 Å². The van der Waals surface area contributed by atoms with Crippen molar-refractivity contribution in [2.24, 2.45) is 11.7 Å². The largest absolute Gasteiger partial charge is 0.320 e. The minimum absolute atomic E-state index is 0.139. The fourth-order valence-corrected chi connectivity index (χ4v) is 1.31. The number of nitrogens with one attached hydrogen (secondary N) is 1. The average molecular weight is 199 g/mol. The molecule has 0 saturated carbocycles. The van der Waals surface area contributed by atoms with Gasteiger partial charge in [0.25, 0.3) is 0 Å². The lowest BCUT2D eigenvalue weighted by atomic mass is 10.1. The first-order valence-corrected chi connectivity index (χ1v) is 4.95. The molecule has 3 N–H and O–H groups in total. The van der Waals surface area contributed by atoms with Crippen LogP contribution < -0.4 is 11.1 Å². The highest BCUT2D eigenvalue weighted by molar-refractivity contribution is 7.13. The summed E-state index contributed by atoms with van der Waals surface area (Å²) in [5, 5.41) is 5.05. The Labute approximate surface area is 81.2 Å². The van der Waals surface area contributed by atoms with Gasteiger partial charge in [-0.2, -0.15) is 0 Å². The number of carbonyl (C=O) groups excluding carboxylic acids is 1. The summed E-state index contributed by atoms with van der Waals surface area (Å²) in [7, 11) is 0. The molecule has 13 heavy (non-hydrogen) atoms. The molecule has 1 aromatic rings. The summed E-state index contributed by atoms with van der Waals surface area (Å²) < 4.78 is 0. The average Bonchev–Trinajstić information content (AvgIpc) is 2.55. The van der Waals surface area contributed by atoms with Crippen molar-refractivity contribution in [1.82, 2.24) is 4.98 Å². The third kappa shape index (κ3) is 2.78. The number of thiazole rings is 1. The van der Waals surface area contributed by atoms with E-state index in [4.69, 9.17) is 5.73 Å². The molecule has 72 valence electrons. The molecule has 0 fully saturated rings.